The molecule has 1 aromatic heterocycles. The Kier molecular flexibility index (Phi) is 2.37. The highest BCUT2D eigenvalue weighted by molar-refractivity contribution is 6.30. The summed E-state index contributed by atoms with van der Waals surface area (Å²) in [6.45, 7) is 5.63. The Balaban J connectivity index is 2.37. The third-order valence-electron chi connectivity index (χ3n) is 2.13. The van der Waals surface area contributed by atoms with Crippen LogP contribution in [0.3, 0.4) is 0 Å². The van der Waals surface area contributed by atoms with Crippen molar-refractivity contribution in [3.05, 3.63) is 22.8 Å². The molecule has 0 saturated carbocycles. The summed E-state index contributed by atoms with van der Waals surface area (Å²) in [4.78, 5) is 4.18. The second kappa shape index (κ2) is 3.41. The summed E-state index contributed by atoms with van der Waals surface area (Å²) in [7, 11) is 0. The van der Waals surface area contributed by atoms with Crippen LogP contribution in [-0.2, 0) is 6.54 Å². The highest BCUT2D eigenvalue weighted by Crippen LogP contribution is 2.25. The predicted octanol–water partition coefficient (Wildman–Crippen LogP) is 2.00. The van der Waals surface area contributed by atoms with Crippen molar-refractivity contribution < 1.29 is 4.74 Å². The summed E-state index contributed by atoms with van der Waals surface area (Å²) < 4.78 is 5.77. The number of ether oxygens (including phenoxy) is 1. The lowest BCUT2D eigenvalue weighted by atomic mass is 10.1. The molecule has 1 aromatic rings. The molecular weight excluding hydrogens is 200 g/mol. The molecule has 76 valence electrons. The molecule has 14 heavy (non-hydrogen) atoms. The Bertz CT molecular complexity index is 352. The molecule has 3 nitrogen and oxygen atoms in total. The molecule has 0 unspecified atom stereocenters. The Labute approximate surface area is 88.4 Å². The van der Waals surface area contributed by atoms with Crippen molar-refractivity contribution in [2.45, 2.75) is 26.0 Å². The van der Waals surface area contributed by atoms with E-state index in [1.54, 1.807) is 6.20 Å². The van der Waals surface area contributed by atoms with Crippen molar-refractivity contribution in [1.29, 1.82) is 0 Å². The molecule has 1 N–H and O–H groups in total. The molecule has 0 fully saturated rings. The summed E-state index contributed by atoms with van der Waals surface area (Å²) in [5.74, 6) is 0.685. The number of halogens is 1. The van der Waals surface area contributed by atoms with Crippen LogP contribution in [0.1, 0.15) is 19.4 Å². The fraction of sp³-hybridized carbons (Fsp3) is 0.500. The van der Waals surface area contributed by atoms with Gasteiger partial charge in [-0.15, -0.1) is 0 Å². The Morgan fingerprint density at radius 1 is 1.57 bits per heavy atom. The minimum Gasteiger partial charge on any atom is -0.470 e. The number of hydrogen-bond donors (Lipinski definition) is 1. The summed E-state index contributed by atoms with van der Waals surface area (Å²) in [6, 6.07) is 1.89. The van der Waals surface area contributed by atoms with Crippen LogP contribution in [0, 0.1) is 0 Å². The average molecular weight is 213 g/mol. The SMILES string of the molecule is CC1(C)CNCc2cc(Cl)cnc2O1. The van der Waals surface area contributed by atoms with Gasteiger partial charge in [0.25, 0.3) is 0 Å². The van der Waals surface area contributed by atoms with Gasteiger partial charge in [-0.25, -0.2) is 4.98 Å². The number of nitrogens with one attached hydrogen (secondary N) is 1. The average Bonchev–Trinajstić information content (AvgIpc) is 2.22. The monoisotopic (exact) mass is 212 g/mol. The largest absolute Gasteiger partial charge is 0.470 e. The Morgan fingerprint density at radius 2 is 2.36 bits per heavy atom. The van der Waals surface area contributed by atoms with E-state index in [1.165, 1.54) is 0 Å². The molecule has 0 bridgehead atoms. The van der Waals surface area contributed by atoms with E-state index in [4.69, 9.17) is 16.3 Å². The number of nitrogens with zero attached hydrogens (tertiary/aromatic N) is 1. The lowest BCUT2D eigenvalue weighted by Gasteiger charge is -2.23. The summed E-state index contributed by atoms with van der Waals surface area (Å²) in [5.41, 5.74) is 0.801. The van der Waals surface area contributed by atoms with E-state index in [9.17, 15) is 0 Å². The molecule has 0 aromatic carbocycles. The molecule has 0 saturated heterocycles. The highest BCUT2D eigenvalue weighted by atomic mass is 35.5. The van der Waals surface area contributed by atoms with Crippen LogP contribution in [0.15, 0.2) is 12.3 Å². The molecule has 4 heteroatoms. The van der Waals surface area contributed by atoms with Crippen LogP contribution >= 0.6 is 11.6 Å². The lowest BCUT2D eigenvalue weighted by Crippen LogP contribution is -2.37. The number of rotatable bonds is 0. The van der Waals surface area contributed by atoms with E-state index in [1.807, 2.05) is 19.9 Å². The van der Waals surface area contributed by atoms with Crippen LogP contribution in [0.2, 0.25) is 5.02 Å². The van der Waals surface area contributed by atoms with E-state index < -0.39 is 0 Å². The third-order valence-corrected chi connectivity index (χ3v) is 2.34. The van der Waals surface area contributed by atoms with E-state index >= 15 is 0 Å². The van der Waals surface area contributed by atoms with Crippen molar-refractivity contribution in [2.75, 3.05) is 6.54 Å². The van der Waals surface area contributed by atoms with Crippen LogP contribution in [0.4, 0.5) is 0 Å². The molecule has 0 amide bonds. The van der Waals surface area contributed by atoms with Gasteiger partial charge in [-0.2, -0.15) is 0 Å². The van der Waals surface area contributed by atoms with E-state index in [-0.39, 0.29) is 5.60 Å². The van der Waals surface area contributed by atoms with Gasteiger partial charge in [0.2, 0.25) is 5.88 Å². The van der Waals surface area contributed by atoms with Crippen LogP contribution in [0.5, 0.6) is 5.88 Å². The minimum absolute atomic E-state index is 0.216. The van der Waals surface area contributed by atoms with Crippen LogP contribution in [-0.4, -0.2) is 17.1 Å². The molecule has 0 atom stereocenters. The Hall–Kier alpha value is -0.800. The summed E-state index contributed by atoms with van der Waals surface area (Å²) in [5, 5.41) is 3.94. The van der Waals surface area contributed by atoms with Crippen molar-refractivity contribution in [2.24, 2.45) is 0 Å². The zero-order chi connectivity index (χ0) is 10.2. The highest BCUT2D eigenvalue weighted by Gasteiger charge is 2.24. The van der Waals surface area contributed by atoms with Gasteiger partial charge in [0.05, 0.1) is 5.02 Å². The van der Waals surface area contributed by atoms with Gasteiger partial charge in [0.1, 0.15) is 5.60 Å². The van der Waals surface area contributed by atoms with Crippen molar-refractivity contribution in [1.82, 2.24) is 10.3 Å². The summed E-state index contributed by atoms with van der Waals surface area (Å²) in [6.07, 6.45) is 1.61. The molecule has 2 rings (SSSR count). The second-order valence-corrected chi connectivity index (χ2v) is 4.52. The van der Waals surface area contributed by atoms with Crippen LogP contribution < -0.4 is 10.1 Å². The van der Waals surface area contributed by atoms with Crippen molar-refractivity contribution >= 4 is 11.6 Å². The first-order chi connectivity index (χ1) is 6.57. The number of hydrogen-bond acceptors (Lipinski definition) is 3. The topological polar surface area (TPSA) is 34.2 Å². The molecule has 0 radical (unpaired) electrons. The van der Waals surface area contributed by atoms with E-state index in [2.05, 4.69) is 10.3 Å². The fourth-order valence-corrected chi connectivity index (χ4v) is 1.66. The zero-order valence-electron chi connectivity index (χ0n) is 8.30. The fourth-order valence-electron chi connectivity index (χ4n) is 1.48. The van der Waals surface area contributed by atoms with Gasteiger partial charge in [0, 0.05) is 24.8 Å². The first-order valence-corrected chi connectivity index (χ1v) is 4.99. The number of pyridine rings is 1. The zero-order valence-corrected chi connectivity index (χ0v) is 9.06. The predicted molar refractivity (Wildman–Crippen MR) is 55.7 cm³/mol. The Morgan fingerprint density at radius 3 is 3.14 bits per heavy atom. The maximum absolute atomic E-state index is 5.86. The molecule has 0 aliphatic carbocycles. The van der Waals surface area contributed by atoms with Crippen LogP contribution in [0.25, 0.3) is 0 Å². The normalized spacial score (nSPS) is 19.4. The quantitative estimate of drug-likeness (QED) is 0.714. The smallest absolute Gasteiger partial charge is 0.218 e. The van der Waals surface area contributed by atoms with Gasteiger partial charge in [-0.1, -0.05) is 11.6 Å². The second-order valence-electron chi connectivity index (χ2n) is 4.08. The maximum Gasteiger partial charge on any atom is 0.218 e. The maximum atomic E-state index is 5.86. The van der Waals surface area contributed by atoms with Crippen molar-refractivity contribution in [3.63, 3.8) is 0 Å². The molecule has 1 aliphatic rings. The number of fused-ring (bicyclic) bond motifs is 1. The van der Waals surface area contributed by atoms with Gasteiger partial charge in [-0.05, 0) is 19.9 Å². The van der Waals surface area contributed by atoms with Crippen molar-refractivity contribution in [3.8, 4) is 5.88 Å². The molecular formula is C10H13ClN2O. The molecule has 1 aliphatic heterocycles. The number of aromatic nitrogens is 1. The summed E-state index contributed by atoms with van der Waals surface area (Å²) >= 11 is 5.86. The third kappa shape index (κ3) is 1.99. The minimum atomic E-state index is -0.216. The van der Waals surface area contributed by atoms with Gasteiger partial charge in [-0.3, -0.25) is 0 Å². The molecule has 0 spiro atoms. The van der Waals surface area contributed by atoms with E-state index in [0.29, 0.717) is 10.9 Å². The lowest BCUT2D eigenvalue weighted by molar-refractivity contribution is 0.109. The van der Waals surface area contributed by atoms with Gasteiger partial charge < -0.3 is 10.1 Å². The van der Waals surface area contributed by atoms with Gasteiger partial charge in [0.15, 0.2) is 0 Å². The van der Waals surface area contributed by atoms with E-state index in [0.717, 1.165) is 18.7 Å². The standard InChI is InChI=1S/C10H13ClN2O/c1-10(2)6-12-4-7-3-8(11)5-13-9(7)14-10/h3,5,12H,4,6H2,1-2H3. The first kappa shape index (κ1) is 9.74. The first-order valence-electron chi connectivity index (χ1n) is 4.61. The molecule has 2 heterocycles. The van der Waals surface area contributed by atoms with Gasteiger partial charge >= 0.3 is 0 Å².